The summed E-state index contributed by atoms with van der Waals surface area (Å²) < 4.78 is 0. The molecule has 0 radical (unpaired) electrons. The fraction of sp³-hybridized carbons (Fsp3) is 0.571. The first kappa shape index (κ1) is 13.5. The summed E-state index contributed by atoms with van der Waals surface area (Å²) in [6, 6.07) is 4.08. The van der Waals surface area contributed by atoms with Crippen molar-refractivity contribution in [2.75, 3.05) is 0 Å². The molecule has 1 unspecified atom stereocenters. The monoisotopic (exact) mass is 238 g/mol. The van der Waals surface area contributed by atoms with Crippen LogP contribution in [0.2, 0.25) is 0 Å². The van der Waals surface area contributed by atoms with Crippen LogP contribution in [0.4, 0.5) is 0 Å². The lowest BCUT2D eigenvalue weighted by molar-refractivity contribution is 0.471. The Labute approximate surface area is 101 Å². The van der Waals surface area contributed by atoms with Crippen molar-refractivity contribution in [1.29, 1.82) is 0 Å². The van der Waals surface area contributed by atoms with Gasteiger partial charge in [-0.2, -0.15) is 0 Å². The molecule has 0 fully saturated rings. The van der Waals surface area contributed by atoms with Crippen molar-refractivity contribution in [3.63, 3.8) is 0 Å². The molecule has 0 amide bonds. The Morgan fingerprint density at radius 3 is 1.81 bits per heavy atom. The van der Waals surface area contributed by atoms with Crippen molar-refractivity contribution >= 4 is 14.5 Å². The van der Waals surface area contributed by atoms with Crippen LogP contribution < -0.4 is 5.30 Å². The fourth-order valence-corrected chi connectivity index (χ4v) is 2.29. The summed E-state index contributed by atoms with van der Waals surface area (Å²) in [5.74, 6) is 0.377. The van der Waals surface area contributed by atoms with Gasteiger partial charge in [0.1, 0.15) is 5.75 Å². The standard InChI is InChI=1S/C14H23OP/c1-13(2,3)9-7-10(14(4,5)6)12(16)11(15)8-9/h7-8,15H,16H2,1-6H3. The van der Waals surface area contributed by atoms with Gasteiger partial charge in [-0.15, -0.1) is 9.24 Å². The fourth-order valence-electron chi connectivity index (χ4n) is 1.69. The smallest absolute Gasteiger partial charge is 0.123 e. The molecular formula is C14H23OP. The molecule has 1 N–H and O–H groups in total. The second-order valence-corrected chi connectivity index (χ2v) is 7.03. The first-order valence-electron chi connectivity index (χ1n) is 5.67. The summed E-state index contributed by atoms with van der Waals surface area (Å²) in [5, 5.41) is 10.9. The van der Waals surface area contributed by atoms with Crippen LogP contribution in [0.1, 0.15) is 52.7 Å². The van der Waals surface area contributed by atoms with Gasteiger partial charge in [0.15, 0.2) is 0 Å². The van der Waals surface area contributed by atoms with Crippen LogP contribution in [0.3, 0.4) is 0 Å². The molecule has 90 valence electrons. The van der Waals surface area contributed by atoms with Gasteiger partial charge < -0.3 is 5.11 Å². The Morgan fingerprint density at radius 2 is 1.44 bits per heavy atom. The maximum atomic E-state index is 9.99. The normalized spacial score (nSPS) is 12.9. The molecule has 1 atom stereocenters. The van der Waals surface area contributed by atoms with Gasteiger partial charge in [-0.25, -0.2) is 0 Å². The summed E-state index contributed by atoms with van der Waals surface area (Å²) in [4.78, 5) is 0. The third kappa shape index (κ3) is 2.77. The Morgan fingerprint density at radius 1 is 0.938 bits per heavy atom. The van der Waals surface area contributed by atoms with E-state index < -0.39 is 0 Å². The minimum Gasteiger partial charge on any atom is -0.507 e. The number of rotatable bonds is 0. The lowest BCUT2D eigenvalue weighted by Gasteiger charge is -2.27. The Bertz CT molecular complexity index is 394. The van der Waals surface area contributed by atoms with Crippen LogP contribution in [-0.2, 0) is 10.8 Å². The zero-order valence-electron chi connectivity index (χ0n) is 11.2. The highest BCUT2D eigenvalue weighted by Crippen LogP contribution is 2.32. The summed E-state index contributed by atoms with van der Waals surface area (Å²) >= 11 is 0. The summed E-state index contributed by atoms with van der Waals surface area (Å²) in [7, 11) is 2.65. The van der Waals surface area contributed by atoms with Gasteiger partial charge >= 0.3 is 0 Å². The maximum Gasteiger partial charge on any atom is 0.123 e. The quantitative estimate of drug-likeness (QED) is 0.686. The van der Waals surface area contributed by atoms with Crippen molar-refractivity contribution in [1.82, 2.24) is 0 Å². The number of benzene rings is 1. The number of aromatic hydroxyl groups is 1. The van der Waals surface area contributed by atoms with Gasteiger partial charge in [0.2, 0.25) is 0 Å². The van der Waals surface area contributed by atoms with E-state index in [4.69, 9.17) is 0 Å². The number of hydrogen-bond donors (Lipinski definition) is 1. The molecular weight excluding hydrogens is 215 g/mol. The largest absolute Gasteiger partial charge is 0.507 e. The highest BCUT2D eigenvalue weighted by atomic mass is 31.0. The van der Waals surface area contributed by atoms with Gasteiger partial charge in [-0.1, -0.05) is 47.6 Å². The average molecular weight is 238 g/mol. The Kier molecular flexibility index (Phi) is 3.41. The Hall–Kier alpha value is -0.550. The molecule has 16 heavy (non-hydrogen) atoms. The average Bonchev–Trinajstić information content (AvgIpc) is 2.05. The molecule has 0 aromatic heterocycles. The van der Waals surface area contributed by atoms with Gasteiger partial charge in [0.25, 0.3) is 0 Å². The molecule has 1 aromatic rings. The van der Waals surface area contributed by atoms with Crippen molar-refractivity contribution in [3.8, 4) is 5.75 Å². The van der Waals surface area contributed by atoms with Crippen LogP contribution in [-0.4, -0.2) is 5.11 Å². The van der Waals surface area contributed by atoms with E-state index in [1.165, 1.54) is 11.1 Å². The third-order valence-corrected chi connectivity index (χ3v) is 3.44. The molecule has 0 aliphatic carbocycles. The molecule has 1 nitrogen and oxygen atoms in total. The second-order valence-electron chi connectivity index (χ2n) is 6.46. The van der Waals surface area contributed by atoms with Gasteiger partial charge in [-0.05, 0) is 28.0 Å². The van der Waals surface area contributed by atoms with Gasteiger partial charge in [-0.3, -0.25) is 0 Å². The lowest BCUT2D eigenvalue weighted by atomic mass is 9.80. The van der Waals surface area contributed by atoms with Crippen molar-refractivity contribution < 1.29 is 5.11 Å². The summed E-state index contributed by atoms with van der Waals surface area (Å²) in [6.45, 7) is 13.0. The molecule has 0 spiro atoms. The maximum absolute atomic E-state index is 9.99. The predicted octanol–water partition coefficient (Wildman–Crippen LogP) is 3.49. The Balaban J connectivity index is 3.46. The van der Waals surface area contributed by atoms with Crippen LogP contribution in [0.15, 0.2) is 12.1 Å². The third-order valence-electron chi connectivity index (χ3n) is 2.83. The van der Waals surface area contributed by atoms with Crippen LogP contribution in [0.5, 0.6) is 5.75 Å². The molecule has 0 bridgehead atoms. The number of phenolic OH excluding ortho intramolecular Hbond substituents is 1. The lowest BCUT2D eigenvalue weighted by Crippen LogP contribution is -2.22. The van der Waals surface area contributed by atoms with E-state index in [9.17, 15) is 5.11 Å². The molecule has 0 aliphatic heterocycles. The minimum absolute atomic E-state index is 0.0514. The van der Waals surface area contributed by atoms with Crippen LogP contribution >= 0.6 is 9.24 Å². The van der Waals surface area contributed by atoms with E-state index in [1.807, 2.05) is 6.07 Å². The predicted molar refractivity (Wildman–Crippen MR) is 74.9 cm³/mol. The van der Waals surface area contributed by atoms with E-state index in [-0.39, 0.29) is 10.8 Å². The van der Waals surface area contributed by atoms with Crippen molar-refractivity contribution in [2.24, 2.45) is 0 Å². The number of hydrogen-bond acceptors (Lipinski definition) is 1. The second kappa shape index (κ2) is 4.04. The molecule has 1 aromatic carbocycles. The van der Waals surface area contributed by atoms with E-state index >= 15 is 0 Å². The first-order valence-corrected chi connectivity index (χ1v) is 6.24. The molecule has 2 heteroatoms. The van der Waals surface area contributed by atoms with E-state index in [0.717, 1.165) is 5.30 Å². The summed E-state index contributed by atoms with van der Waals surface area (Å²) in [5.41, 5.74) is 2.50. The molecule has 0 heterocycles. The van der Waals surface area contributed by atoms with Crippen molar-refractivity contribution in [2.45, 2.75) is 52.4 Å². The molecule has 0 saturated carbocycles. The van der Waals surface area contributed by atoms with Crippen LogP contribution in [0.25, 0.3) is 0 Å². The SMILES string of the molecule is CC(C)(C)c1cc(O)c(P)c(C(C)(C)C)c1. The molecule has 1 rings (SSSR count). The van der Waals surface area contributed by atoms with Crippen molar-refractivity contribution in [3.05, 3.63) is 23.3 Å². The zero-order valence-corrected chi connectivity index (χ0v) is 12.3. The topological polar surface area (TPSA) is 20.2 Å². The summed E-state index contributed by atoms with van der Waals surface area (Å²) in [6.07, 6.45) is 0. The first-order chi connectivity index (χ1) is 7.03. The van der Waals surface area contributed by atoms with E-state index in [1.54, 1.807) is 0 Å². The molecule has 0 saturated heterocycles. The zero-order chi connectivity index (χ0) is 12.7. The van der Waals surface area contributed by atoms with E-state index in [0.29, 0.717) is 5.75 Å². The minimum atomic E-state index is 0.0514. The van der Waals surface area contributed by atoms with Crippen LogP contribution in [0, 0.1) is 0 Å². The van der Waals surface area contributed by atoms with E-state index in [2.05, 4.69) is 56.8 Å². The highest BCUT2D eigenvalue weighted by Gasteiger charge is 2.23. The van der Waals surface area contributed by atoms with Gasteiger partial charge in [0.05, 0.1) is 0 Å². The number of phenols is 1. The highest BCUT2D eigenvalue weighted by molar-refractivity contribution is 7.28. The van der Waals surface area contributed by atoms with Gasteiger partial charge in [0, 0.05) is 5.30 Å². The molecule has 0 aliphatic rings.